The van der Waals surface area contributed by atoms with Gasteiger partial charge in [0.05, 0.1) is 31.0 Å². The summed E-state index contributed by atoms with van der Waals surface area (Å²) in [6.45, 7) is 0.319. The molecule has 0 aliphatic carbocycles. The van der Waals surface area contributed by atoms with Gasteiger partial charge in [-0.15, -0.1) is 0 Å². The second kappa shape index (κ2) is 7.15. The fraction of sp³-hybridized carbons (Fsp3) is 0.267. The van der Waals surface area contributed by atoms with Crippen molar-refractivity contribution < 1.29 is 14.6 Å². The van der Waals surface area contributed by atoms with Crippen LogP contribution in [0.4, 0.5) is 5.69 Å². The Morgan fingerprint density at radius 3 is 2.67 bits per heavy atom. The summed E-state index contributed by atoms with van der Waals surface area (Å²) < 4.78 is 10.4. The quantitative estimate of drug-likeness (QED) is 0.859. The first-order valence-electron chi connectivity index (χ1n) is 6.39. The second-order valence-corrected chi connectivity index (χ2v) is 4.77. The van der Waals surface area contributed by atoms with Gasteiger partial charge in [-0.25, -0.2) is 0 Å². The smallest absolute Gasteiger partial charge is 0.161 e. The van der Waals surface area contributed by atoms with E-state index in [1.165, 1.54) is 0 Å². The number of nitrogens with zero attached hydrogens (tertiary/aromatic N) is 1. The molecule has 1 heterocycles. The molecule has 2 rings (SSSR count). The molecule has 0 saturated carbocycles. The second-order valence-electron chi connectivity index (χ2n) is 4.37. The van der Waals surface area contributed by atoms with Crippen LogP contribution in [0.25, 0.3) is 0 Å². The molecule has 1 aromatic carbocycles. The number of nitrogens with one attached hydrogen (secondary N) is 1. The van der Waals surface area contributed by atoms with Crippen LogP contribution in [0, 0.1) is 0 Å². The first-order chi connectivity index (χ1) is 10.2. The molecule has 0 radical (unpaired) electrons. The number of benzene rings is 1. The van der Waals surface area contributed by atoms with Gasteiger partial charge in [-0.05, 0) is 23.8 Å². The molecule has 0 amide bonds. The Bertz CT molecular complexity index is 607. The van der Waals surface area contributed by atoms with E-state index in [-0.39, 0.29) is 0 Å². The van der Waals surface area contributed by atoms with E-state index in [0.717, 1.165) is 11.3 Å². The Kier molecular flexibility index (Phi) is 5.25. The highest BCUT2D eigenvalue weighted by Crippen LogP contribution is 2.30. The van der Waals surface area contributed by atoms with Crippen molar-refractivity contribution in [2.75, 3.05) is 26.1 Å². The first-order valence-corrected chi connectivity index (χ1v) is 6.77. The maximum atomic E-state index is 10.2. The predicted molar refractivity (Wildman–Crippen MR) is 82.2 cm³/mol. The van der Waals surface area contributed by atoms with Gasteiger partial charge in [0.1, 0.15) is 0 Å². The van der Waals surface area contributed by atoms with E-state index in [0.29, 0.717) is 23.1 Å². The molecule has 2 aromatic rings. The van der Waals surface area contributed by atoms with E-state index < -0.39 is 6.10 Å². The van der Waals surface area contributed by atoms with Crippen molar-refractivity contribution in [3.05, 3.63) is 47.2 Å². The molecule has 0 aliphatic heterocycles. The lowest BCUT2D eigenvalue weighted by atomic mass is 10.1. The number of pyridine rings is 1. The van der Waals surface area contributed by atoms with Gasteiger partial charge < -0.3 is 19.9 Å². The summed E-state index contributed by atoms with van der Waals surface area (Å²) in [4.78, 5) is 3.91. The van der Waals surface area contributed by atoms with Gasteiger partial charge in [0, 0.05) is 18.9 Å². The van der Waals surface area contributed by atoms with Gasteiger partial charge >= 0.3 is 0 Å². The molecule has 0 bridgehead atoms. The molecule has 21 heavy (non-hydrogen) atoms. The number of aliphatic hydroxyl groups excluding tert-OH is 1. The number of aliphatic hydroxyl groups is 1. The van der Waals surface area contributed by atoms with E-state index >= 15 is 0 Å². The van der Waals surface area contributed by atoms with Gasteiger partial charge in [0.2, 0.25) is 0 Å². The summed E-state index contributed by atoms with van der Waals surface area (Å²) >= 11 is 6.00. The van der Waals surface area contributed by atoms with Gasteiger partial charge in [-0.2, -0.15) is 0 Å². The van der Waals surface area contributed by atoms with Gasteiger partial charge in [0.15, 0.2) is 11.5 Å². The van der Waals surface area contributed by atoms with Crippen LogP contribution in [-0.2, 0) is 0 Å². The Hall–Kier alpha value is -1.98. The van der Waals surface area contributed by atoms with Gasteiger partial charge in [0.25, 0.3) is 0 Å². The number of halogens is 1. The van der Waals surface area contributed by atoms with Crippen molar-refractivity contribution in [1.82, 2.24) is 4.98 Å². The number of aromatic nitrogens is 1. The molecule has 6 heteroatoms. The zero-order valence-electron chi connectivity index (χ0n) is 11.8. The Balaban J connectivity index is 2.06. The minimum absolute atomic E-state index is 0.319. The largest absolute Gasteiger partial charge is 0.493 e. The summed E-state index contributed by atoms with van der Waals surface area (Å²) in [5, 5.41) is 13.8. The molecule has 0 saturated heterocycles. The third-order valence-electron chi connectivity index (χ3n) is 3.05. The molecule has 0 fully saturated rings. The SMILES string of the molecule is COc1ccc(C(O)CNc2ccncc2Cl)cc1OC. The number of ether oxygens (including phenoxy) is 2. The van der Waals surface area contributed by atoms with Crippen LogP contribution in [0.15, 0.2) is 36.7 Å². The Labute approximate surface area is 128 Å². The summed E-state index contributed by atoms with van der Waals surface area (Å²) in [5.41, 5.74) is 1.46. The molecule has 1 aromatic heterocycles. The van der Waals surface area contributed by atoms with Gasteiger partial charge in [-0.3, -0.25) is 4.98 Å². The summed E-state index contributed by atoms with van der Waals surface area (Å²) in [7, 11) is 3.13. The maximum absolute atomic E-state index is 10.2. The highest BCUT2D eigenvalue weighted by Gasteiger charge is 2.12. The lowest BCUT2D eigenvalue weighted by Crippen LogP contribution is -2.12. The van der Waals surface area contributed by atoms with Crippen LogP contribution < -0.4 is 14.8 Å². The molecular weight excluding hydrogens is 292 g/mol. The van der Waals surface area contributed by atoms with Crippen LogP contribution in [0.5, 0.6) is 11.5 Å². The lowest BCUT2D eigenvalue weighted by molar-refractivity contribution is 0.191. The van der Waals surface area contributed by atoms with E-state index in [9.17, 15) is 5.11 Å². The minimum Gasteiger partial charge on any atom is -0.493 e. The average molecular weight is 309 g/mol. The normalized spacial score (nSPS) is 11.8. The third kappa shape index (κ3) is 3.77. The maximum Gasteiger partial charge on any atom is 0.161 e. The summed E-state index contributed by atoms with van der Waals surface area (Å²) in [6, 6.07) is 7.06. The van der Waals surface area contributed by atoms with Crippen molar-refractivity contribution in [2.24, 2.45) is 0 Å². The van der Waals surface area contributed by atoms with Crippen LogP contribution in [0.3, 0.4) is 0 Å². The number of anilines is 1. The first kappa shape index (κ1) is 15.4. The molecule has 1 atom stereocenters. The van der Waals surface area contributed by atoms with Crippen LogP contribution in [0.1, 0.15) is 11.7 Å². The van der Waals surface area contributed by atoms with Crippen molar-refractivity contribution in [1.29, 1.82) is 0 Å². The lowest BCUT2D eigenvalue weighted by Gasteiger charge is -2.16. The number of rotatable bonds is 6. The minimum atomic E-state index is -0.700. The number of hydrogen-bond acceptors (Lipinski definition) is 5. The molecular formula is C15H17ClN2O3. The van der Waals surface area contributed by atoms with Crippen molar-refractivity contribution in [2.45, 2.75) is 6.10 Å². The third-order valence-corrected chi connectivity index (χ3v) is 3.35. The highest BCUT2D eigenvalue weighted by molar-refractivity contribution is 6.33. The van der Waals surface area contributed by atoms with E-state index in [4.69, 9.17) is 21.1 Å². The zero-order valence-corrected chi connectivity index (χ0v) is 12.6. The summed E-state index contributed by atoms with van der Waals surface area (Å²) in [5.74, 6) is 1.20. The molecule has 1 unspecified atom stereocenters. The Morgan fingerprint density at radius 1 is 1.24 bits per heavy atom. The highest BCUT2D eigenvalue weighted by atomic mass is 35.5. The fourth-order valence-electron chi connectivity index (χ4n) is 1.90. The van der Waals surface area contributed by atoms with Crippen LogP contribution in [0.2, 0.25) is 5.02 Å². The zero-order chi connectivity index (χ0) is 15.2. The van der Waals surface area contributed by atoms with Gasteiger partial charge in [-0.1, -0.05) is 17.7 Å². The monoisotopic (exact) mass is 308 g/mol. The van der Waals surface area contributed by atoms with E-state index in [2.05, 4.69) is 10.3 Å². The van der Waals surface area contributed by atoms with Crippen molar-refractivity contribution >= 4 is 17.3 Å². The number of methoxy groups -OCH3 is 2. The topological polar surface area (TPSA) is 63.6 Å². The van der Waals surface area contributed by atoms with Crippen molar-refractivity contribution in [3.8, 4) is 11.5 Å². The molecule has 2 N–H and O–H groups in total. The molecule has 0 aliphatic rings. The molecule has 0 spiro atoms. The Morgan fingerprint density at radius 2 is 2.00 bits per heavy atom. The van der Waals surface area contributed by atoms with Crippen LogP contribution in [-0.4, -0.2) is 30.9 Å². The van der Waals surface area contributed by atoms with E-state index in [1.807, 2.05) is 0 Å². The molecule has 5 nitrogen and oxygen atoms in total. The summed E-state index contributed by atoms with van der Waals surface area (Å²) in [6.07, 6.45) is 2.48. The predicted octanol–water partition coefficient (Wildman–Crippen LogP) is 2.90. The standard InChI is InChI=1S/C15H17ClN2O3/c1-20-14-4-3-10(7-15(14)21-2)13(19)9-18-12-5-6-17-8-11(12)16/h3-8,13,19H,9H2,1-2H3,(H,17,18). The number of hydrogen-bond donors (Lipinski definition) is 2. The fourth-order valence-corrected chi connectivity index (χ4v) is 2.09. The van der Waals surface area contributed by atoms with Crippen molar-refractivity contribution in [3.63, 3.8) is 0 Å². The van der Waals surface area contributed by atoms with Crippen LogP contribution >= 0.6 is 11.6 Å². The average Bonchev–Trinajstić information content (AvgIpc) is 2.53. The van der Waals surface area contributed by atoms with E-state index in [1.54, 1.807) is 50.9 Å². The molecule has 112 valence electrons.